The van der Waals surface area contributed by atoms with Gasteiger partial charge in [-0.25, -0.2) is 12.8 Å². The molecule has 0 atom stereocenters. The van der Waals surface area contributed by atoms with E-state index < -0.39 is 21.7 Å². The fourth-order valence-corrected chi connectivity index (χ4v) is 4.35. The second kappa shape index (κ2) is 9.44. The summed E-state index contributed by atoms with van der Waals surface area (Å²) in [5.74, 6) is -1.06. The third-order valence-corrected chi connectivity index (χ3v) is 6.50. The van der Waals surface area contributed by atoms with Crippen LogP contribution in [0.2, 0.25) is 15.1 Å². The van der Waals surface area contributed by atoms with Crippen LogP contribution in [-0.2, 0) is 16.6 Å². The quantitative estimate of drug-likeness (QED) is 0.450. The Kier molecular flexibility index (Phi) is 7.11. The van der Waals surface area contributed by atoms with E-state index in [0.717, 1.165) is 16.6 Å². The van der Waals surface area contributed by atoms with Gasteiger partial charge in [0.1, 0.15) is 5.82 Å². The van der Waals surface area contributed by atoms with Crippen LogP contribution >= 0.6 is 34.8 Å². The number of nitrogens with one attached hydrogen (secondary N) is 1. The number of carbonyl (C=O) groups is 1. The molecule has 3 aromatic carbocycles. The molecule has 0 bridgehead atoms. The van der Waals surface area contributed by atoms with Gasteiger partial charge in [0.25, 0.3) is 5.91 Å². The van der Waals surface area contributed by atoms with Gasteiger partial charge in [0, 0.05) is 26.9 Å². The smallest absolute Gasteiger partial charge is 0.255 e. The summed E-state index contributed by atoms with van der Waals surface area (Å²) in [6.45, 7) is -0.0725. The van der Waals surface area contributed by atoms with Crippen LogP contribution in [0, 0.1) is 5.82 Å². The van der Waals surface area contributed by atoms with Gasteiger partial charge < -0.3 is 5.32 Å². The SMILES string of the molecule is CS(=O)(=O)N(Cc1c(Cl)cccc1Cl)c1ccc(C(=O)Nc2ccc(F)c(Cl)c2)cc1. The molecule has 0 aliphatic carbocycles. The van der Waals surface area contributed by atoms with Crippen LogP contribution in [0.3, 0.4) is 0 Å². The molecule has 0 aliphatic heterocycles. The Bertz CT molecular complexity index is 1210. The molecule has 5 nitrogen and oxygen atoms in total. The summed E-state index contributed by atoms with van der Waals surface area (Å²) in [6, 6.07) is 14.7. The van der Waals surface area contributed by atoms with Crippen LogP contribution in [0.25, 0.3) is 0 Å². The molecular formula is C21H16Cl3FN2O3S. The van der Waals surface area contributed by atoms with E-state index >= 15 is 0 Å². The van der Waals surface area contributed by atoms with Crippen molar-refractivity contribution in [2.45, 2.75) is 6.54 Å². The molecule has 0 aliphatic rings. The second-order valence-electron chi connectivity index (χ2n) is 6.60. The standard InChI is InChI=1S/C21H16Cl3FN2O3S/c1-31(29,30)27(12-16-17(22)3-2-4-18(16)23)15-8-5-13(6-9-15)21(28)26-14-7-10-20(25)19(24)11-14/h2-11H,12H2,1H3,(H,26,28). The van der Waals surface area contributed by atoms with Crippen molar-refractivity contribution in [1.29, 1.82) is 0 Å². The summed E-state index contributed by atoms with van der Waals surface area (Å²) in [5, 5.41) is 3.17. The number of sulfonamides is 1. The zero-order valence-electron chi connectivity index (χ0n) is 16.1. The van der Waals surface area contributed by atoms with Crippen molar-refractivity contribution in [3.8, 4) is 0 Å². The number of amides is 1. The predicted molar refractivity (Wildman–Crippen MR) is 123 cm³/mol. The Balaban J connectivity index is 1.84. The number of carbonyl (C=O) groups excluding carboxylic acids is 1. The molecule has 0 spiro atoms. The Morgan fingerprint density at radius 3 is 2.13 bits per heavy atom. The minimum absolute atomic E-state index is 0.0725. The zero-order valence-corrected chi connectivity index (χ0v) is 19.2. The molecule has 0 heterocycles. The van der Waals surface area contributed by atoms with Crippen LogP contribution in [0.1, 0.15) is 15.9 Å². The first-order valence-corrected chi connectivity index (χ1v) is 11.8. The fraction of sp³-hybridized carbons (Fsp3) is 0.0952. The summed E-state index contributed by atoms with van der Waals surface area (Å²) in [6.07, 6.45) is 1.07. The molecule has 0 unspecified atom stereocenters. The summed E-state index contributed by atoms with van der Waals surface area (Å²) in [5.41, 5.74) is 1.39. The highest BCUT2D eigenvalue weighted by Gasteiger charge is 2.21. The van der Waals surface area contributed by atoms with Gasteiger partial charge in [0.2, 0.25) is 10.0 Å². The molecule has 1 amide bonds. The van der Waals surface area contributed by atoms with Gasteiger partial charge in [0.05, 0.1) is 23.5 Å². The Hall–Kier alpha value is -2.32. The van der Waals surface area contributed by atoms with Crippen LogP contribution in [-0.4, -0.2) is 20.6 Å². The van der Waals surface area contributed by atoms with Crippen molar-refractivity contribution < 1.29 is 17.6 Å². The molecule has 0 saturated heterocycles. The second-order valence-corrected chi connectivity index (χ2v) is 9.73. The third-order valence-electron chi connectivity index (χ3n) is 4.36. The van der Waals surface area contributed by atoms with Crippen LogP contribution in [0.15, 0.2) is 60.7 Å². The maximum atomic E-state index is 13.3. The first-order chi connectivity index (χ1) is 14.6. The molecule has 31 heavy (non-hydrogen) atoms. The zero-order chi connectivity index (χ0) is 22.8. The van der Waals surface area contributed by atoms with Crippen molar-refractivity contribution in [1.82, 2.24) is 0 Å². The van der Waals surface area contributed by atoms with E-state index in [4.69, 9.17) is 34.8 Å². The normalized spacial score (nSPS) is 11.3. The first-order valence-electron chi connectivity index (χ1n) is 8.83. The lowest BCUT2D eigenvalue weighted by atomic mass is 10.1. The van der Waals surface area contributed by atoms with Gasteiger partial charge in [-0.1, -0.05) is 40.9 Å². The largest absolute Gasteiger partial charge is 0.322 e. The highest BCUT2D eigenvalue weighted by molar-refractivity contribution is 7.92. The first kappa shape index (κ1) is 23.3. The monoisotopic (exact) mass is 500 g/mol. The lowest BCUT2D eigenvalue weighted by Gasteiger charge is -2.23. The minimum atomic E-state index is -3.67. The Labute approximate surface area is 194 Å². The molecule has 0 fully saturated rings. The number of hydrogen-bond donors (Lipinski definition) is 1. The summed E-state index contributed by atoms with van der Waals surface area (Å²) >= 11 is 18.1. The van der Waals surface area contributed by atoms with Gasteiger partial charge in [-0.2, -0.15) is 0 Å². The number of halogens is 4. The van der Waals surface area contributed by atoms with E-state index in [1.54, 1.807) is 18.2 Å². The van der Waals surface area contributed by atoms with Gasteiger partial charge in [0.15, 0.2) is 0 Å². The predicted octanol–water partition coefficient (Wildman–Crippen LogP) is 6.00. The van der Waals surface area contributed by atoms with E-state index in [9.17, 15) is 17.6 Å². The van der Waals surface area contributed by atoms with Crippen molar-refractivity contribution >= 4 is 62.1 Å². The molecule has 0 saturated carbocycles. The summed E-state index contributed by atoms with van der Waals surface area (Å²) in [7, 11) is -3.67. The molecule has 3 aromatic rings. The molecule has 162 valence electrons. The number of nitrogens with zero attached hydrogens (tertiary/aromatic N) is 1. The van der Waals surface area contributed by atoms with E-state index in [0.29, 0.717) is 27.0 Å². The average molecular weight is 502 g/mol. The van der Waals surface area contributed by atoms with Gasteiger partial charge in [-0.15, -0.1) is 0 Å². The molecular weight excluding hydrogens is 486 g/mol. The summed E-state index contributed by atoms with van der Waals surface area (Å²) < 4.78 is 39.2. The fourth-order valence-electron chi connectivity index (χ4n) is 2.78. The maximum Gasteiger partial charge on any atom is 0.255 e. The number of hydrogen-bond acceptors (Lipinski definition) is 3. The highest BCUT2D eigenvalue weighted by Crippen LogP contribution is 2.29. The van der Waals surface area contributed by atoms with E-state index in [1.807, 2.05) is 0 Å². The van der Waals surface area contributed by atoms with Gasteiger partial charge in [-0.3, -0.25) is 9.10 Å². The van der Waals surface area contributed by atoms with Crippen molar-refractivity contribution in [3.63, 3.8) is 0 Å². The van der Waals surface area contributed by atoms with Crippen LogP contribution in [0.4, 0.5) is 15.8 Å². The van der Waals surface area contributed by atoms with Crippen molar-refractivity contribution in [2.75, 3.05) is 15.9 Å². The van der Waals surface area contributed by atoms with E-state index in [-0.39, 0.29) is 17.1 Å². The third kappa shape index (κ3) is 5.68. The van der Waals surface area contributed by atoms with Crippen LogP contribution < -0.4 is 9.62 Å². The molecule has 0 aromatic heterocycles. The number of rotatable bonds is 6. The van der Waals surface area contributed by atoms with Gasteiger partial charge >= 0.3 is 0 Å². The molecule has 10 heteroatoms. The minimum Gasteiger partial charge on any atom is -0.322 e. The Morgan fingerprint density at radius 2 is 1.58 bits per heavy atom. The lowest BCUT2D eigenvalue weighted by Crippen LogP contribution is -2.29. The maximum absolute atomic E-state index is 13.3. The highest BCUT2D eigenvalue weighted by atomic mass is 35.5. The van der Waals surface area contributed by atoms with Gasteiger partial charge in [-0.05, 0) is 54.6 Å². The number of benzene rings is 3. The Morgan fingerprint density at radius 1 is 0.968 bits per heavy atom. The van der Waals surface area contributed by atoms with E-state index in [2.05, 4.69) is 5.32 Å². The lowest BCUT2D eigenvalue weighted by molar-refractivity contribution is 0.102. The average Bonchev–Trinajstić information content (AvgIpc) is 2.70. The van der Waals surface area contributed by atoms with Crippen LogP contribution in [0.5, 0.6) is 0 Å². The van der Waals surface area contributed by atoms with Crippen molar-refractivity contribution in [3.05, 3.63) is 92.7 Å². The topological polar surface area (TPSA) is 66.5 Å². The molecule has 0 radical (unpaired) electrons. The number of anilines is 2. The van der Waals surface area contributed by atoms with Crippen molar-refractivity contribution in [2.24, 2.45) is 0 Å². The summed E-state index contributed by atoms with van der Waals surface area (Å²) in [4.78, 5) is 12.5. The van der Waals surface area contributed by atoms with E-state index in [1.165, 1.54) is 36.4 Å². The molecule has 1 N–H and O–H groups in total. The molecule has 3 rings (SSSR count).